The van der Waals surface area contributed by atoms with Crippen LogP contribution in [0.25, 0.3) is 0 Å². The van der Waals surface area contributed by atoms with Crippen molar-refractivity contribution < 1.29 is 9.53 Å². The summed E-state index contributed by atoms with van der Waals surface area (Å²) < 4.78 is 6.43. The first-order valence-electron chi connectivity index (χ1n) is 6.80. The van der Waals surface area contributed by atoms with Gasteiger partial charge in [0.25, 0.3) is 5.91 Å². The summed E-state index contributed by atoms with van der Waals surface area (Å²) in [5, 5.41) is 6.37. The highest BCUT2D eigenvalue weighted by Crippen LogP contribution is 2.25. The van der Waals surface area contributed by atoms with Crippen molar-refractivity contribution in [1.29, 1.82) is 0 Å². The number of aryl methyl sites for hydroxylation is 1. The molecule has 0 aliphatic rings. The maximum absolute atomic E-state index is 11.9. The summed E-state index contributed by atoms with van der Waals surface area (Å²) in [6.45, 7) is 1.75. The Morgan fingerprint density at radius 3 is 2.62 bits per heavy atom. The third kappa shape index (κ3) is 5.63. The highest BCUT2D eigenvalue weighted by molar-refractivity contribution is 9.10. The molecular formula is C16H13BrCl2N2O2S. The number of hydrogen-bond acceptors (Lipinski definition) is 3. The minimum atomic E-state index is -0.366. The molecule has 24 heavy (non-hydrogen) atoms. The molecular weight excluding hydrogens is 435 g/mol. The fourth-order valence-electron chi connectivity index (χ4n) is 1.82. The Hall–Kier alpha value is -1.34. The zero-order chi connectivity index (χ0) is 17.7. The summed E-state index contributed by atoms with van der Waals surface area (Å²) in [5.41, 5.74) is 1.55. The summed E-state index contributed by atoms with van der Waals surface area (Å²) in [7, 11) is 0. The summed E-state index contributed by atoms with van der Waals surface area (Å²) in [6, 6.07) is 10.5. The Morgan fingerprint density at radius 1 is 1.21 bits per heavy atom. The number of anilines is 1. The molecule has 0 heterocycles. The molecule has 0 aliphatic heterocycles. The number of hydrogen-bond donors (Lipinski definition) is 2. The van der Waals surface area contributed by atoms with Crippen molar-refractivity contribution in [3.8, 4) is 5.75 Å². The molecule has 8 heteroatoms. The molecule has 0 saturated carbocycles. The molecule has 2 aromatic rings. The average molecular weight is 448 g/mol. The molecule has 0 spiro atoms. The zero-order valence-corrected chi connectivity index (χ0v) is 16.4. The highest BCUT2D eigenvalue weighted by atomic mass is 79.9. The van der Waals surface area contributed by atoms with Gasteiger partial charge in [-0.15, -0.1) is 0 Å². The normalized spacial score (nSPS) is 10.2. The van der Waals surface area contributed by atoms with Crippen molar-refractivity contribution in [2.24, 2.45) is 0 Å². The lowest BCUT2D eigenvalue weighted by Crippen LogP contribution is -2.37. The van der Waals surface area contributed by atoms with Crippen LogP contribution in [0.4, 0.5) is 5.69 Å². The first-order valence-corrected chi connectivity index (χ1v) is 8.75. The fourth-order valence-corrected chi connectivity index (χ4v) is 2.82. The van der Waals surface area contributed by atoms with Crippen LogP contribution in [0.5, 0.6) is 5.75 Å². The molecule has 4 nitrogen and oxygen atoms in total. The zero-order valence-electron chi connectivity index (χ0n) is 12.5. The number of rotatable bonds is 4. The minimum Gasteiger partial charge on any atom is -0.483 e. The highest BCUT2D eigenvalue weighted by Gasteiger charge is 2.08. The molecule has 0 saturated heterocycles. The molecule has 2 N–H and O–H groups in total. The molecule has 0 radical (unpaired) electrons. The summed E-state index contributed by atoms with van der Waals surface area (Å²) >= 11 is 20.2. The van der Waals surface area contributed by atoms with E-state index in [2.05, 4.69) is 26.6 Å². The van der Waals surface area contributed by atoms with Gasteiger partial charge in [0.2, 0.25) is 0 Å². The molecule has 2 aromatic carbocycles. The van der Waals surface area contributed by atoms with E-state index in [4.69, 9.17) is 40.2 Å². The van der Waals surface area contributed by atoms with Crippen molar-refractivity contribution in [3.63, 3.8) is 0 Å². The molecule has 126 valence electrons. The van der Waals surface area contributed by atoms with E-state index in [0.29, 0.717) is 21.5 Å². The Labute approximate surface area is 163 Å². The van der Waals surface area contributed by atoms with Gasteiger partial charge in [-0.3, -0.25) is 10.1 Å². The van der Waals surface area contributed by atoms with Crippen LogP contribution in [-0.4, -0.2) is 17.6 Å². The standard InChI is InChI=1S/C16H13BrCl2N2O2S/c1-9-6-10(17)2-5-14(9)23-8-15(22)21-16(24)20-11-3-4-12(18)13(19)7-11/h2-7H,8H2,1H3,(H2,20,21,22,24). The third-order valence-electron chi connectivity index (χ3n) is 2.93. The van der Waals surface area contributed by atoms with Crippen LogP contribution >= 0.6 is 51.3 Å². The molecule has 0 unspecified atom stereocenters. The van der Waals surface area contributed by atoms with Crippen LogP contribution in [0, 0.1) is 6.92 Å². The molecule has 2 rings (SSSR count). The molecule has 0 fully saturated rings. The van der Waals surface area contributed by atoms with Gasteiger partial charge < -0.3 is 10.1 Å². The second-order valence-corrected chi connectivity index (χ2v) is 6.97. The summed E-state index contributed by atoms with van der Waals surface area (Å²) in [4.78, 5) is 11.9. The van der Waals surface area contributed by atoms with E-state index >= 15 is 0 Å². The van der Waals surface area contributed by atoms with Crippen molar-refractivity contribution in [2.75, 3.05) is 11.9 Å². The lowest BCUT2D eigenvalue weighted by atomic mass is 10.2. The van der Waals surface area contributed by atoms with E-state index in [9.17, 15) is 4.79 Å². The van der Waals surface area contributed by atoms with E-state index in [1.807, 2.05) is 19.1 Å². The predicted octanol–water partition coefficient (Wildman–Crippen LogP) is 4.96. The summed E-state index contributed by atoms with van der Waals surface area (Å²) in [5.74, 6) is 0.270. The molecule has 1 amide bonds. The predicted molar refractivity (Wildman–Crippen MR) is 105 cm³/mol. The Bertz CT molecular complexity index is 787. The minimum absolute atomic E-state index is 0.147. The second kappa shape index (κ2) is 8.67. The maximum atomic E-state index is 11.9. The van der Waals surface area contributed by atoms with Crippen LogP contribution in [0.1, 0.15) is 5.56 Å². The average Bonchev–Trinajstić information content (AvgIpc) is 2.50. The van der Waals surface area contributed by atoms with E-state index in [1.165, 1.54) is 0 Å². The summed E-state index contributed by atoms with van der Waals surface area (Å²) in [6.07, 6.45) is 0. The third-order valence-corrected chi connectivity index (χ3v) is 4.36. The molecule has 0 aliphatic carbocycles. The number of carbonyl (C=O) groups excluding carboxylic acids is 1. The SMILES string of the molecule is Cc1cc(Br)ccc1OCC(=O)NC(=S)Nc1ccc(Cl)c(Cl)c1. The number of carbonyl (C=O) groups is 1. The van der Waals surface area contributed by atoms with E-state index in [1.54, 1.807) is 24.3 Å². The topological polar surface area (TPSA) is 50.4 Å². The van der Waals surface area contributed by atoms with Gasteiger partial charge in [0.05, 0.1) is 10.0 Å². The number of benzene rings is 2. The van der Waals surface area contributed by atoms with Gasteiger partial charge in [0.15, 0.2) is 11.7 Å². The molecule has 0 bridgehead atoms. The number of ether oxygens (including phenoxy) is 1. The largest absolute Gasteiger partial charge is 0.483 e. The first-order chi connectivity index (χ1) is 11.3. The lowest BCUT2D eigenvalue weighted by molar-refractivity contribution is -0.121. The number of thiocarbonyl (C=S) groups is 1. The Balaban J connectivity index is 1.85. The number of halogens is 3. The van der Waals surface area contributed by atoms with Crippen LogP contribution in [0.2, 0.25) is 10.0 Å². The van der Waals surface area contributed by atoms with Gasteiger partial charge >= 0.3 is 0 Å². The Morgan fingerprint density at radius 2 is 1.96 bits per heavy atom. The van der Waals surface area contributed by atoms with Crippen LogP contribution < -0.4 is 15.4 Å². The van der Waals surface area contributed by atoms with Gasteiger partial charge in [0.1, 0.15) is 5.75 Å². The van der Waals surface area contributed by atoms with Gasteiger partial charge in [-0.25, -0.2) is 0 Å². The fraction of sp³-hybridized carbons (Fsp3) is 0.125. The second-order valence-electron chi connectivity index (χ2n) is 4.83. The van der Waals surface area contributed by atoms with Crippen molar-refractivity contribution in [3.05, 3.63) is 56.5 Å². The van der Waals surface area contributed by atoms with Crippen LogP contribution in [0.3, 0.4) is 0 Å². The quantitative estimate of drug-likeness (QED) is 0.650. The van der Waals surface area contributed by atoms with E-state index < -0.39 is 0 Å². The van der Waals surface area contributed by atoms with E-state index in [0.717, 1.165) is 10.0 Å². The van der Waals surface area contributed by atoms with Crippen molar-refractivity contribution in [2.45, 2.75) is 6.92 Å². The first kappa shape index (κ1) is 19.0. The lowest BCUT2D eigenvalue weighted by Gasteiger charge is -2.12. The van der Waals surface area contributed by atoms with Gasteiger partial charge in [-0.1, -0.05) is 39.1 Å². The number of amides is 1. The maximum Gasteiger partial charge on any atom is 0.264 e. The monoisotopic (exact) mass is 446 g/mol. The van der Waals surface area contributed by atoms with E-state index in [-0.39, 0.29) is 17.6 Å². The van der Waals surface area contributed by atoms with Crippen molar-refractivity contribution >= 4 is 68.1 Å². The molecule has 0 atom stereocenters. The molecule has 0 aromatic heterocycles. The smallest absolute Gasteiger partial charge is 0.264 e. The van der Waals surface area contributed by atoms with Crippen LogP contribution in [-0.2, 0) is 4.79 Å². The van der Waals surface area contributed by atoms with Gasteiger partial charge in [-0.05, 0) is 61.1 Å². The Kier molecular flexibility index (Phi) is 6.86. The van der Waals surface area contributed by atoms with Gasteiger partial charge in [-0.2, -0.15) is 0 Å². The van der Waals surface area contributed by atoms with Gasteiger partial charge in [0, 0.05) is 10.2 Å². The number of nitrogens with one attached hydrogen (secondary N) is 2. The van der Waals surface area contributed by atoms with Crippen LogP contribution in [0.15, 0.2) is 40.9 Å². The van der Waals surface area contributed by atoms with Crippen molar-refractivity contribution in [1.82, 2.24) is 5.32 Å².